The summed E-state index contributed by atoms with van der Waals surface area (Å²) in [7, 11) is 0. The number of aromatic nitrogens is 3. The van der Waals surface area contributed by atoms with Gasteiger partial charge >= 0.3 is 12.1 Å². The number of carboxylic acids is 1. The molecular weight excluding hydrogens is 563 g/mol. The summed E-state index contributed by atoms with van der Waals surface area (Å²) in [5.41, 5.74) is 4.71. The summed E-state index contributed by atoms with van der Waals surface area (Å²) < 4.78 is 31.7. The summed E-state index contributed by atoms with van der Waals surface area (Å²) in [5, 5.41) is 26.3. The topological polar surface area (TPSA) is 138 Å². The minimum atomic E-state index is -5.08. The monoisotopic (exact) mass is 585 g/mol. The largest absolute Gasteiger partial charge is 0.490 e. The van der Waals surface area contributed by atoms with Gasteiger partial charge in [-0.05, 0) is 35.2 Å². The lowest BCUT2D eigenvalue weighted by atomic mass is 10.1. The molecule has 5 aromatic rings. The van der Waals surface area contributed by atoms with Gasteiger partial charge in [-0.25, -0.2) is 19.8 Å². The Kier molecular flexibility index (Phi) is 7.93. The van der Waals surface area contributed by atoms with Crippen LogP contribution in [-0.2, 0) is 11.3 Å². The summed E-state index contributed by atoms with van der Waals surface area (Å²) in [6.07, 6.45) is 2.43. The summed E-state index contributed by atoms with van der Waals surface area (Å²) in [4.78, 5) is 33.8. The van der Waals surface area contributed by atoms with Crippen LogP contribution in [0.3, 0.4) is 0 Å². The standard InChI is InChI=1S/C28H21N7O.C2HF3O2/c29-17-35-16-22(26-24-11-12-30-27(24)32-18-31-26)15-34(35)14-19-5-3-8-21(13-19)28(36)33-25-10-4-7-20-6-1-2-9-23(20)25;3-2(4,5)1(6)7/h1-13,15,18H,14,16H2,(H,33,36)(H,30,31,32);(H,6,7). The maximum Gasteiger partial charge on any atom is 0.490 e. The zero-order valence-corrected chi connectivity index (χ0v) is 22.2. The molecule has 0 aliphatic carbocycles. The van der Waals surface area contributed by atoms with E-state index in [0.29, 0.717) is 18.7 Å². The number of H-pyrrole nitrogens is 1. The predicted molar refractivity (Wildman–Crippen MR) is 152 cm³/mol. The van der Waals surface area contributed by atoms with Gasteiger partial charge in [-0.15, -0.1) is 0 Å². The van der Waals surface area contributed by atoms with Crippen molar-refractivity contribution in [1.29, 1.82) is 5.26 Å². The van der Waals surface area contributed by atoms with E-state index in [4.69, 9.17) is 9.90 Å². The number of carboxylic acid groups (broad SMARTS) is 1. The maximum atomic E-state index is 13.1. The Labute approximate surface area is 242 Å². The van der Waals surface area contributed by atoms with Crippen molar-refractivity contribution in [2.45, 2.75) is 12.7 Å². The molecule has 3 heterocycles. The number of aromatic amines is 1. The van der Waals surface area contributed by atoms with Crippen molar-refractivity contribution in [2.24, 2.45) is 0 Å². The number of nitrogens with one attached hydrogen (secondary N) is 2. The van der Waals surface area contributed by atoms with Gasteiger partial charge < -0.3 is 15.4 Å². The number of nitriles is 1. The van der Waals surface area contributed by atoms with Crippen molar-refractivity contribution in [2.75, 3.05) is 11.9 Å². The maximum absolute atomic E-state index is 13.1. The van der Waals surface area contributed by atoms with Crippen molar-refractivity contribution in [3.8, 4) is 6.19 Å². The Morgan fingerprint density at radius 1 is 1.02 bits per heavy atom. The number of halogens is 3. The number of amides is 1. The third-order valence-electron chi connectivity index (χ3n) is 6.52. The van der Waals surface area contributed by atoms with Gasteiger partial charge in [0.2, 0.25) is 0 Å². The molecule has 13 heteroatoms. The van der Waals surface area contributed by atoms with E-state index in [0.717, 1.165) is 44.3 Å². The number of aliphatic carboxylic acids is 1. The van der Waals surface area contributed by atoms with Crippen molar-refractivity contribution < 1.29 is 27.9 Å². The van der Waals surface area contributed by atoms with Crippen LogP contribution in [-0.4, -0.2) is 54.7 Å². The van der Waals surface area contributed by atoms with Gasteiger partial charge in [-0.2, -0.15) is 18.4 Å². The van der Waals surface area contributed by atoms with Crippen LogP contribution in [0.15, 0.2) is 91.5 Å². The van der Waals surface area contributed by atoms with Crippen LogP contribution in [0.4, 0.5) is 18.9 Å². The Morgan fingerprint density at radius 3 is 2.53 bits per heavy atom. The number of carbonyl (C=O) groups is 2. The number of benzene rings is 3. The molecule has 0 atom stereocenters. The molecule has 0 radical (unpaired) electrons. The highest BCUT2D eigenvalue weighted by atomic mass is 19.4. The van der Waals surface area contributed by atoms with Gasteiger partial charge in [0.1, 0.15) is 12.0 Å². The second-order valence-electron chi connectivity index (χ2n) is 9.36. The van der Waals surface area contributed by atoms with Crippen LogP contribution in [0.2, 0.25) is 0 Å². The van der Waals surface area contributed by atoms with E-state index in [9.17, 15) is 23.2 Å². The van der Waals surface area contributed by atoms with Gasteiger partial charge in [-0.1, -0.05) is 48.5 Å². The second-order valence-corrected chi connectivity index (χ2v) is 9.36. The molecule has 0 saturated heterocycles. The first-order valence-corrected chi connectivity index (χ1v) is 12.7. The van der Waals surface area contributed by atoms with Gasteiger partial charge in [-0.3, -0.25) is 9.80 Å². The summed E-state index contributed by atoms with van der Waals surface area (Å²) in [6.45, 7) is 0.850. The first kappa shape index (κ1) is 28.6. The number of rotatable bonds is 5. The predicted octanol–water partition coefficient (Wildman–Crippen LogP) is 5.55. The fraction of sp³-hybridized carbons (Fsp3) is 0.100. The van der Waals surface area contributed by atoms with Crippen molar-refractivity contribution in [3.63, 3.8) is 0 Å². The number of hydrogen-bond donors (Lipinski definition) is 3. The Balaban J connectivity index is 0.000000472. The summed E-state index contributed by atoms with van der Waals surface area (Å²) >= 11 is 0. The molecule has 0 bridgehead atoms. The Hall–Kier alpha value is -5.90. The summed E-state index contributed by atoms with van der Waals surface area (Å²) in [6, 6.07) is 23.2. The zero-order chi connectivity index (χ0) is 30.6. The molecule has 1 aliphatic rings. The molecule has 0 fully saturated rings. The molecule has 0 unspecified atom stereocenters. The molecule has 3 N–H and O–H groups in total. The van der Waals surface area contributed by atoms with E-state index in [1.807, 2.05) is 84.1 Å². The molecule has 1 aliphatic heterocycles. The minimum absolute atomic E-state index is 0.182. The number of nitrogens with zero attached hydrogens (tertiary/aromatic N) is 5. The highest BCUT2D eigenvalue weighted by Crippen LogP contribution is 2.28. The fourth-order valence-corrected chi connectivity index (χ4v) is 4.56. The van der Waals surface area contributed by atoms with E-state index in [-0.39, 0.29) is 5.91 Å². The van der Waals surface area contributed by atoms with Crippen LogP contribution in [0.5, 0.6) is 0 Å². The summed E-state index contributed by atoms with van der Waals surface area (Å²) in [5.74, 6) is -2.94. The lowest BCUT2D eigenvalue weighted by Gasteiger charge is -2.23. The van der Waals surface area contributed by atoms with E-state index >= 15 is 0 Å². The van der Waals surface area contributed by atoms with Crippen LogP contribution < -0.4 is 5.32 Å². The smallest absolute Gasteiger partial charge is 0.475 e. The van der Waals surface area contributed by atoms with Gasteiger partial charge in [0.05, 0.1) is 18.8 Å². The van der Waals surface area contributed by atoms with Crippen LogP contribution in [0.1, 0.15) is 21.6 Å². The van der Waals surface area contributed by atoms with Gasteiger partial charge in [0.15, 0.2) is 6.19 Å². The van der Waals surface area contributed by atoms with Crippen LogP contribution in [0.25, 0.3) is 27.4 Å². The van der Waals surface area contributed by atoms with Crippen molar-refractivity contribution in [1.82, 2.24) is 25.0 Å². The molecule has 6 rings (SSSR count). The molecule has 10 nitrogen and oxygen atoms in total. The fourth-order valence-electron chi connectivity index (χ4n) is 4.56. The average molecular weight is 586 g/mol. The van der Waals surface area contributed by atoms with Gasteiger partial charge in [0.25, 0.3) is 5.91 Å². The first-order chi connectivity index (χ1) is 20.6. The Bertz CT molecular complexity index is 1890. The lowest BCUT2D eigenvalue weighted by Crippen LogP contribution is -2.30. The number of hydrogen-bond acceptors (Lipinski definition) is 7. The molecule has 2 aromatic heterocycles. The number of alkyl halides is 3. The van der Waals surface area contributed by atoms with E-state index < -0.39 is 12.1 Å². The van der Waals surface area contributed by atoms with Crippen LogP contribution in [0, 0.1) is 11.5 Å². The Morgan fingerprint density at radius 2 is 1.77 bits per heavy atom. The first-order valence-electron chi connectivity index (χ1n) is 12.7. The highest BCUT2D eigenvalue weighted by molar-refractivity contribution is 6.09. The molecule has 1 amide bonds. The van der Waals surface area contributed by atoms with Crippen molar-refractivity contribution >= 4 is 44.9 Å². The number of carbonyl (C=O) groups excluding carboxylic acids is 1. The number of anilines is 1. The number of hydrazine groups is 1. The number of fused-ring (bicyclic) bond motifs is 2. The quantitative estimate of drug-likeness (QED) is 0.228. The molecule has 216 valence electrons. The van der Waals surface area contributed by atoms with Crippen LogP contribution >= 0.6 is 0 Å². The van der Waals surface area contributed by atoms with E-state index in [1.54, 1.807) is 11.1 Å². The molecule has 0 saturated carbocycles. The third-order valence-corrected chi connectivity index (χ3v) is 6.52. The molecular formula is C30H22F3N7O3. The van der Waals surface area contributed by atoms with Crippen molar-refractivity contribution in [3.05, 3.63) is 108 Å². The molecule has 3 aromatic carbocycles. The molecule has 43 heavy (non-hydrogen) atoms. The highest BCUT2D eigenvalue weighted by Gasteiger charge is 2.38. The third kappa shape index (κ3) is 6.38. The minimum Gasteiger partial charge on any atom is -0.475 e. The SMILES string of the molecule is N#CN1CC(c2ncnc3[nH]ccc23)=CN1Cc1cccc(C(=O)Nc2cccc3ccccc23)c1.O=C(O)C(F)(F)F. The normalized spacial score (nSPS) is 12.8. The van der Waals surface area contributed by atoms with E-state index in [2.05, 4.69) is 26.5 Å². The lowest BCUT2D eigenvalue weighted by molar-refractivity contribution is -0.192. The van der Waals surface area contributed by atoms with Gasteiger partial charge in [0, 0.05) is 40.0 Å². The molecule has 0 spiro atoms. The average Bonchev–Trinajstić information content (AvgIpc) is 3.64. The van der Waals surface area contributed by atoms with E-state index in [1.165, 1.54) is 6.33 Å². The second kappa shape index (κ2) is 11.9. The zero-order valence-electron chi connectivity index (χ0n) is 22.2.